The van der Waals surface area contributed by atoms with Crippen LogP contribution in [0.25, 0.3) is 22.2 Å². The molecule has 4 rings (SSSR count). The summed E-state index contributed by atoms with van der Waals surface area (Å²) in [5, 5.41) is 14.4. The number of para-hydroxylation sites is 1. The normalized spacial score (nSPS) is 11.9. The molecule has 0 fully saturated rings. The Hall–Kier alpha value is -4.41. The molecule has 0 saturated heterocycles. The maximum atomic E-state index is 12.7. The average molecular weight is 424 g/mol. The van der Waals surface area contributed by atoms with Gasteiger partial charge in [0.05, 0.1) is 28.3 Å². The molecule has 0 unspecified atom stereocenters. The number of fused-ring (bicyclic) bond motifs is 2. The standard InChI is InChI=1S/C20H16N4O7/c1-2-29-19(25)12-6-10-7-15-16(31-9-30-15)8-13(10)22-17(12)11-4-3-5-14(24(27)28)18(11)23-20(21)26/h3-8H,2,9H2,1H3,(H3,21,23,26). The Morgan fingerprint density at radius 1 is 1.26 bits per heavy atom. The highest BCUT2D eigenvalue weighted by Crippen LogP contribution is 2.40. The van der Waals surface area contributed by atoms with Gasteiger partial charge in [-0.1, -0.05) is 12.1 Å². The molecule has 0 spiro atoms. The fraction of sp³-hybridized carbons (Fsp3) is 0.150. The van der Waals surface area contributed by atoms with Crippen LogP contribution in [0, 0.1) is 10.1 Å². The lowest BCUT2D eigenvalue weighted by Gasteiger charge is -2.14. The molecule has 3 aromatic rings. The Bertz CT molecular complexity index is 1240. The van der Waals surface area contributed by atoms with E-state index in [1.807, 2.05) is 0 Å². The summed E-state index contributed by atoms with van der Waals surface area (Å²) in [4.78, 5) is 39.6. The number of benzene rings is 2. The fourth-order valence-corrected chi connectivity index (χ4v) is 3.28. The molecule has 0 aliphatic carbocycles. The van der Waals surface area contributed by atoms with Gasteiger partial charge in [0.25, 0.3) is 5.69 Å². The highest BCUT2D eigenvalue weighted by Gasteiger charge is 2.26. The van der Waals surface area contributed by atoms with E-state index in [9.17, 15) is 19.7 Å². The number of nitrogens with zero attached hydrogens (tertiary/aromatic N) is 2. The number of urea groups is 1. The van der Waals surface area contributed by atoms with Crippen molar-refractivity contribution in [2.45, 2.75) is 6.92 Å². The van der Waals surface area contributed by atoms with E-state index in [1.165, 1.54) is 18.2 Å². The monoisotopic (exact) mass is 424 g/mol. The quantitative estimate of drug-likeness (QED) is 0.359. The summed E-state index contributed by atoms with van der Waals surface area (Å²) in [5.74, 6) is 0.300. The number of nitro groups is 1. The molecule has 0 atom stereocenters. The zero-order chi connectivity index (χ0) is 22.1. The van der Waals surface area contributed by atoms with Crippen LogP contribution in [-0.2, 0) is 4.74 Å². The molecule has 1 aromatic heterocycles. The highest BCUT2D eigenvalue weighted by atomic mass is 16.7. The van der Waals surface area contributed by atoms with Gasteiger partial charge in [-0.3, -0.25) is 10.1 Å². The first kappa shape index (κ1) is 19.9. The third-order valence-corrected chi connectivity index (χ3v) is 4.55. The fourth-order valence-electron chi connectivity index (χ4n) is 3.28. The minimum atomic E-state index is -1.00. The van der Waals surface area contributed by atoms with Gasteiger partial charge in [-0.25, -0.2) is 14.6 Å². The summed E-state index contributed by atoms with van der Waals surface area (Å²) >= 11 is 0. The van der Waals surface area contributed by atoms with Gasteiger partial charge >= 0.3 is 12.0 Å². The van der Waals surface area contributed by atoms with Crippen LogP contribution in [0.5, 0.6) is 11.5 Å². The van der Waals surface area contributed by atoms with Crippen LogP contribution in [0.15, 0.2) is 36.4 Å². The topological polar surface area (TPSA) is 156 Å². The van der Waals surface area contributed by atoms with E-state index < -0.39 is 22.6 Å². The van der Waals surface area contributed by atoms with E-state index in [0.717, 1.165) is 0 Å². The van der Waals surface area contributed by atoms with Crippen molar-refractivity contribution in [3.8, 4) is 22.8 Å². The lowest BCUT2D eigenvalue weighted by molar-refractivity contribution is -0.383. The van der Waals surface area contributed by atoms with Crippen LogP contribution < -0.4 is 20.5 Å². The second-order valence-corrected chi connectivity index (χ2v) is 6.45. The molecule has 2 aromatic carbocycles. The van der Waals surface area contributed by atoms with Gasteiger partial charge < -0.3 is 25.3 Å². The predicted molar refractivity (Wildman–Crippen MR) is 109 cm³/mol. The number of nitrogens with one attached hydrogen (secondary N) is 1. The number of esters is 1. The molecule has 11 heteroatoms. The van der Waals surface area contributed by atoms with Crippen LogP contribution in [-0.4, -0.2) is 35.3 Å². The first-order valence-electron chi connectivity index (χ1n) is 9.14. The Balaban J connectivity index is 2.02. The smallest absolute Gasteiger partial charge is 0.340 e. The van der Waals surface area contributed by atoms with E-state index in [2.05, 4.69) is 10.3 Å². The number of nitrogens with two attached hydrogens (primary N) is 1. The molecule has 2 amide bonds. The van der Waals surface area contributed by atoms with Crippen molar-refractivity contribution in [2.75, 3.05) is 18.7 Å². The molecule has 0 bridgehead atoms. The number of hydrogen-bond donors (Lipinski definition) is 2. The van der Waals surface area contributed by atoms with E-state index >= 15 is 0 Å². The number of carbonyl (C=O) groups excluding carboxylic acids is 2. The van der Waals surface area contributed by atoms with Crippen LogP contribution in [0.4, 0.5) is 16.2 Å². The molecule has 158 valence electrons. The molecular weight excluding hydrogens is 408 g/mol. The van der Waals surface area contributed by atoms with Crippen molar-refractivity contribution >= 4 is 34.3 Å². The Morgan fingerprint density at radius 3 is 2.68 bits per heavy atom. The van der Waals surface area contributed by atoms with E-state index in [0.29, 0.717) is 22.4 Å². The van der Waals surface area contributed by atoms with Gasteiger partial charge in [0, 0.05) is 23.1 Å². The average Bonchev–Trinajstić information content (AvgIpc) is 3.18. The maximum absolute atomic E-state index is 12.7. The van der Waals surface area contributed by atoms with Crippen LogP contribution in [0.2, 0.25) is 0 Å². The molecule has 1 aliphatic heterocycles. The summed E-state index contributed by atoms with van der Waals surface area (Å²) in [6.07, 6.45) is 0. The summed E-state index contributed by atoms with van der Waals surface area (Å²) < 4.78 is 15.9. The lowest BCUT2D eigenvalue weighted by atomic mass is 10.0. The maximum Gasteiger partial charge on any atom is 0.340 e. The van der Waals surface area contributed by atoms with Crippen molar-refractivity contribution in [3.63, 3.8) is 0 Å². The number of aromatic nitrogens is 1. The Kier molecular flexibility index (Phi) is 4.99. The summed E-state index contributed by atoms with van der Waals surface area (Å²) in [6.45, 7) is 1.82. The first-order valence-corrected chi connectivity index (χ1v) is 9.14. The zero-order valence-corrected chi connectivity index (χ0v) is 16.2. The molecule has 11 nitrogen and oxygen atoms in total. The Morgan fingerprint density at radius 2 is 2.00 bits per heavy atom. The van der Waals surface area contributed by atoms with Gasteiger partial charge in [-0.2, -0.15) is 0 Å². The lowest BCUT2D eigenvalue weighted by Crippen LogP contribution is -2.21. The highest BCUT2D eigenvalue weighted by molar-refractivity contribution is 6.05. The third-order valence-electron chi connectivity index (χ3n) is 4.55. The summed E-state index contributed by atoms with van der Waals surface area (Å²) in [7, 11) is 0. The van der Waals surface area contributed by atoms with Crippen molar-refractivity contribution < 1.29 is 28.7 Å². The number of rotatable bonds is 5. The molecule has 31 heavy (non-hydrogen) atoms. The number of nitro benzene ring substituents is 1. The molecule has 3 N–H and O–H groups in total. The Labute approximate surface area is 174 Å². The number of pyridine rings is 1. The second kappa shape index (κ2) is 7.78. The van der Waals surface area contributed by atoms with Crippen molar-refractivity contribution in [1.29, 1.82) is 0 Å². The van der Waals surface area contributed by atoms with E-state index in [-0.39, 0.29) is 35.9 Å². The number of hydrogen-bond acceptors (Lipinski definition) is 8. The van der Waals surface area contributed by atoms with Gasteiger partial charge in [0.1, 0.15) is 5.69 Å². The zero-order valence-electron chi connectivity index (χ0n) is 16.2. The molecule has 2 heterocycles. The summed E-state index contributed by atoms with van der Waals surface area (Å²) in [5.41, 5.74) is 5.36. The van der Waals surface area contributed by atoms with Crippen LogP contribution in [0.1, 0.15) is 17.3 Å². The number of carbonyl (C=O) groups is 2. The van der Waals surface area contributed by atoms with Gasteiger partial charge in [-0.15, -0.1) is 0 Å². The van der Waals surface area contributed by atoms with Crippen LogP contribution in [0.3, 0.4) is 0 Å². The third kappa shape index (κ3) is 3.64. The first-order chi connectivity index (χ1) is 14.9. The number of anilines is 1. The molecule has 0 saturated carbocycles. The number of ether oxygens (including phenoxy) is 3. The van der Waals surface area contributed by atoms with Gasteiger partial charge in [-0.05, 0) is 19.1 Å². The molecule has 1 aliphatic rings. The second-order valence-electron chi connectivity index (χ2n) is 6.45. The minimum Gasteiger partial charge on any atom is -0.462 e. The van der Waals surface area contributed by atoms with Gasteiger partial charge in [0.2, 0.25) is 6.79 Å². The largest absolute Gasteiger partial charge is 0.462 e. The van der Waals surface area contributed by atoms with Crippen molar-refractivity contribution in [2.24, 2.45) is 5.73 Å². The van der Waals surface area contributed by atoms with Gasteiger partial charge in [0.15, 0.2) is 11.5 Å². The van der Waals surface area contributed by atoms with E-state index in [4.69, 9.17) is 19.9 Å². The summed E-state index contributed by atoms with van der Waals surface area (Å²) in [6, 6.07) is 7.96. The van der Waals surface area contributed by atoms with Crippen LogP contribution >= 0.6 is 0 Å². The van der Waals surface area contributed by atoms with Crippen molar-refractivity contribution in [3.05, 3.63) is 52.1 Å². The predicted octanol–water partition coefficient (Wildman–Crippen LogP) is 3.21. The minimum absolute atomic E-state index is 0.0564. The molecular formula is C20H16N4O7. The number of primary amides is 1. The number of amides is 2. The molecule has 0 radical (unpaired) electrons. The van der Waals surface area contributed by atoms with E-state index in [1.54, 1.807) is 25.1 Å². The SMILES string of the molecule is CCOC(=O)c1cc2cc3c(cc2nc1-c1cccc([N+](=O)[O-])c1NC(N)=O)OCO3. The van der Waals surface area contributed by atoms with Crippen molar-refractivity contribution in [1.82, 2.24) is 4.98 Å².